The third-order valence-electron chi connectivity index (χ3n) is 6.60. The van der Waals surface area contributed by atoms with Crippen LogP contribution in [0.3, 0.4) is 0 Å². The van der Waals surface area contributed by atoms with Crippen LogP contribution in [0.1, 0.15) is 67.3 Å². The number of carbonyl (C=O) groups excluding carboxylic acids is 2. The second-order valence-electron chi connectivity index (χ2n) is 8.97. The highest BCUT2D eigenvalue weighted by molar-refractivity contribution is 6.00. The number of aryl methyl sites for hydroxylation is 3. The number of nitrogens with one attached hydrogen (secondary N) is 3. The fraction of sp³-hybridized carbons (Fsp3) is 0.480. The molecule has 9 nitrogen and oxygen atoms in total. The van der Waals surface area contributed by atoms with E-state index in [0.29, 0.717) is 17.9 Å². The highest BCUT2D eigenvalue weighted by Gasteiger charge is 2.31. The smallest absolute Gasteiger partial charge is 0.270 e. The SMILES string of the molecule is CCn1nccc1C(=O)N[C@H](C(=O)Nc1ccc(-c2c(C)n[nH]c2C)nc1)C1CCCCCC1. The Bertz CT molecular complexity index is 1110. The minimum absolute atomic E-state index is 0.0907. The molecule has 1 atom stereocenters. The number of hydrogen-bond acceptors (Lipinski definition) is 5. The Labute approximate surface area is 199 Å². The number of carbonyl (C=O) groups is 2. The van der Waals surface area contributed by atoms with E-state index in [4.69, 9.17) is 0 Å². The van der Waals surface area contributed by atoms with Gasteiger partial charge in [-0.15, -0.1) is 0 Å². The van der Waals surface area contributed by atoms with Crippen LogP contribution in [-0.2, 0) is 11.3 Å². The lowest BCUT2D eigenvalue weighted by Gasteiger charge is -2.26. The zero-order chi connectivity index (χ0) is 24.1. The molecule has 3 aromatic heterocycles. The first-order valence-corrected chi connectivity index (χ1v) is 12.1. The number of nitrogens with zero attached hydrogens (tertiary/aromatic N) is 4. The van der Waals surface area contributed by atoms with E-state index in [9.17, 15) is 9.59 Å². The number of pyridine rings is 1. The summed E-state index contributed by atoms with van der Waals surface area (Å²) in [6, 6.07) is 4.77. The highest BCUT2D eigenvalue weighted by Crippen LogP contribution is 2.27. The molecule has 1 aliphatic carbocycles. The van der Waals surface area contributed by atoms with E-state index in [2.05, 4.69) is 30.9 Å². The molecule has 4 rings (SSSR count). The van der Waals surface area contributed by atoms with Crippen molar-refractivity contribution in [3.05, 3.63) is 47.7 Å². The van der Waals surface area contributed by atoms with Crippen molar-refractivity contribution in [1.82, 2.24) is 30.3 Å². The van der Waals surface area contributed by atoms with E-state index in [1.165, 1.54) is 12.8 Å². The molecule has 3 heterocycles. The number of aromatic nitrogens is 5. The molecule has 0 saturated heterocycles. The van der Waals surface area contributed by atoms with Crippen LogP contribution in [0.25, 0.3) is 11.3 Å². The van der Waals surface area contributed by atoms with E-state index in [0.717, 1.165) is 48.3 Å². The molecule has 1 saturated carbocycles. The molecule has 0 spiro atoms. The quantitative estimate of drug-likeness (QED) is 0.458. The fourth-order valence-corrected chi connectivity index (χ4v) is 4.80. The molecule has 1 fully saturated rings. The molecule has 3 N–H and O–H groups in total. The summed E-state index contributed by atoms with van der Waals surface area (Å²) in [4.78, 5) is 31.0. The summed E-state index contributed by atoms with van der Waals surface area (Å²) in [7, 11) is 0. The van der Waals surface area contributed by atoms with Gasteiger partial charge in [0, 0.05) is 24.0 Å². The second-order valence-corrected chi connectivity index (χ2v) is 8.97. The minimum Gasteiger partial charge on any atom is -0.339 e. The molecule has 34 heavy (non-hydrogen) atoms. The van der Waals surface area contributed by atoms with Gasteiger partial charge in [0.05, 0.1) is 23.3 Å². The van der Waals surface area contributed by atoms with Crippen molar-refractivity contribution in [3.63, 3.8) is 0 Å². The lowest BCUT2D eigenvalue weighted by Crippen LogP contribution is -2.49. The van der Waals surface area contributed by atoms with Crippen LogP contribution >= 0.6 is 0 Å². The Balaban J connectivity index is 1.52. The van der Waals surface area contributed by atoms with Gasteiger partial charge in [-0.05, 0) is 57.7 Å². The van der Waals surface area contributed by atoms with Gasteiger partial charge in [0.2, 0.25) is 5.91 Å². The van der Waals surface area contributed by atoms with E-state index in [1.807, 2.05) is 32.9 Å². The van der Waals surface area contributed by atoms with Crippen LogP contribution in [-0.4, -0.2) is 42.8 Å². The largest absolute Gasteiger partial charge is 0.339 e. The number of aromatic amines is 1. The first kappa shape index (κ1) is 23.7. The average Bonchev–Trinajstić information content (AvgIpc) is 3.34. The molecule has 0 bridgehead atoms. The number of hydrogen-bond donors (Lipinski definition) is 3. The number of H-pyrrole nitrogens is 1. The van der Waals surface area contributed by atoms with Gasteiger partial charge in [0.1, 0.15) is 11.7 Å². The second kappa shape index (κ2) is 10.6. The van der Waals surface area contributed by atoms with E-state index >= 15 is 0 Å². The van der Waals surface area contributed by atoms with Crippen LogP contribution < -0.4 is 10.6 Å². The third kappa shape index (κ3) is 5.18. The first-order chi connectivity index (χ1) is 16.5. The van der Waals surface area contributed by atoms with Gasteiger partial charge < -0.3 is 10.6 Å². The maximum atomic E-state index is 13.4. The first-order valence-electron chi connectivity index (χ1n) is 12.1. The number of amides is 2. The Hall–Kier alpha value is -3.49. The van der Waals surface area contributed by atoms with E-state index < -0.39 is 6.04 Å². The lowest BCUT2D eigenvalue weighted by atomic mass is 9.91. The van der Waals surface area contributed by atoms with Crippen molar-refractivity contribution in [3.8, 4) is 11.3 Å². The Morgan fingerprint density at radius 2 is 1.91 bits per heavy atom. The number of anilines is 1. The summed E-state index contributed by atoms with van der Waals surface area (Å²) in [5.74, 6) is -0.399. The molecule has 0 aliphatic heterocycles. The molecular weight excluding hydrogens is 430 g/mol. The molecule has 0 radical (unpaired) electrons. The van der Waals surface area contributed by atoms with Gasteiger partial charge in [-0.2, -0.15) is 10.2 Å². The highest BCUT2D eigenvalue weighted by atomic mass is 16.2. The predicted molar refractivity (Wildman–Crippen MR) is 130 cm³/mol. The van der Waals surface area contributed by atoms with Crippen LogP contribution in [0.4, 0.5) is 5.69 Å². The monoisotopic (exact) mass is 463 g/mol. The summed E-state index contributed by atoms with van der Waals surface area (Å²) < 4.78 is 1.64. The normalized spacial score (nSPS) is 15.5. The molecule has 2 amide bonds. The van der Waals surface area contributed by atoms with Crippen LogP contribution in [0.15, 0.2) is 30.6 Å². The van der Waals surface area contributed by atoms with Crippen molar-refractivity contribution in [2.75, 3.05) is 5.32 Å². The van der Waals surface area contributed by atoms with Gasteiger partial charge in [0.25, 0.3) is 5.91 Å². The molecule has 1 aliphatic rings. The standard InChI is InChI=1S/C25H33N7O2/c1-4-32-21(13-14-27-32)24(33)29-23(18-9-7-5-6-8-10-18)25(34)28-19-11-12-20(26-15-19)22-16(2)30-31-17(22)3/h11-15,18,23H,4-10H2,1-3H3,(H,28,34)(H,29,33)(H,30,31)/t23-/m0/s1. The zero-order valence-electron chi connectivity index (χ0n) is 20.1. The minimum atomic E-state index is -0.621. The third-order valence-corrected chi connectivity index (χ3v) is 6.60. The van der Waals surface area contributed by atoms with Gasteiger partial charge in [-0.25, -0.2) is 0 Å². The Morgan fingerprint density at radius 3 is 2.53 bits per heavy atom. The summed E-state index contributed by atoms with van der Waals surface area (Å²) in [5.41, 5.74) is 4.65. The zero-order valence-corrected chi connectivity index (χ0v) is 20.1. The van der Waals surface area contributed by atoms with Crippen LogP contribution in [0.5, 0.6) is 0 Å². The van der Waals surface area contributed by atoms with Crippen molar-refractivity contribution in [1.29, 1.82) is 0 Å². The van der Waals surface area contributed by atoms with Crippen molar-refractivity contribution < 1.29 is 9.59 Å². The lowest BCUT2D eigenvalue weighted by molar-refractivity contribution is -0.119. The Kier molecular flexibility index (Phi) is 7.40. The molecule has 0 aromatic carbocycles. The van der Waals surface area contributed by atoms with Gasteiger partial charge in [0.15, 0.2) is 0 Å². The fourth-order valence-electron chi connectivity index (χ4n) is 4.80. The molecule has 0 unspecified atom stereocenters. The van der Waals surface area contributed by atoms with Crippen molar-refractivity contribution in [2.24, 2.45) is 5.92 Å². The summed E-state index contributed by atoms with van der Waals surface area (Å²) in [6.45, 7) is 6.41. The van der Waals surface area contributed by atoms with Gasteiger partial charge in [-0.3, -0.25) is 24.4 Å². The van der Waals surface area contributed by atoms with Gasteiger partial charge in [-0.1, -0.05) is 25.7 Å². The summed E-state index contributed by atoms with van der Waals surface area (Å²) >= 11 is 0. The summed E-state index contributed by atoms with van der Waals surface area (Å²) in [5, 5.41) is 17.4. The maximum Gasteiger partial charge on any atom is 0.270 e. The van der Waals surface area contributed by atoms with Crippen molar-refractivity contribution in [2.45, 2.75) is 71.9 Å². The van der Waals surface area contributed by atoms with E-state index in [-0.39, 0.29) is 17.7 Å². The van der Waals surface area contributed by atoms with E-state index in [1.54, 1.807) is 23.1 Å². The molecule has 180 valence electrons. The molecular formula is C25H33N7O2. The van der Waals surface area contributed by atoms with Crippen molar-refractivity contribution >= 4 is 17.5 Å². The van der Waals surface area contributed by atoms with Crippen LogP contribution in [0.2, 0.25) is 0 Å². The molecule has 3 aromatic rings. The number of rotatable bonds is 7. The van der Waals surface area contributed by atoms with Gasteiger partial charge >= 0.3 is 0 Å². The van der Waals surface area contributed by atoms with Crippen LogP contribution in [0, 0.1) is 19.8 Å². The topological polar surface area (TPSA) is 118 Å². The maximum absolute atomic E-state index is 13.4. The molecule has 9 heteroatoms. The predicted octanol–water partition coefficient (Wildman–Crippen LogP) is 4.01. The average molecular weight is 464 g/mol. The summed E-state index contributed by atoms with van der Waals surface area (Å²) in [6.07, 6.45) is 9.56. The Morgan fingerprint density at radius 1 is 1.15 bits per heavy atom.